The van der Waals surface area contributed by atoms with Crippen LogP contribution in [-0.2, 0) is 11.2 Å². The van der Waals surface area contributed by atoms with Gasteiger partial charge < -0.3 is 14.5 Å². The van der Waals surface area contributed by atoms with Gasteiger partial charge in [-0.25, -0.2) is 0 Å². The molecule has 0 aliphatic heterocycles. The Bertz CT molecular complexity index is 786. The summed E-state index contributed by atoms with van der Waals surface area (Å²) in [5.41, 5.74) is 1.81. The second-order valence-corrected chi connectivity index (χ2v) is 8.55. The van der Waals surface area contributed by atoms with E-state index in [-0.39, 0.29) is 11.4 Å². The lowest BCUT2D eigenvalue weighted by Crippen LogP contribution is -2.60. The molecule has 6 rings (SSSR count). The average molecular weight is 339 g/mol. The van der Waals surface area contributed by atoms with Crippen LogP contribution < -0.4 is 10.1 Å². The van der Waals surface area contributed by atoms with Crippen LogP contribution in [0.2, 0.25) is 0 Å². The van der Waals surface area contributed by atoms with Crippen LogP contribution in [0.15, 0.2) is 28.9 Å². The number of methoxy groups -OCH3 is 1. The van der Waals surface area contributed by atoms with Crippen LogP contribution in [0.4, 0.5) is 0 Å². The number of furan rings is 1. The number of carbonyl (C=O) groups excluding carboxylic acids is 1. The third-order valence-electron chi connectivity index (χ3n) is 6.66. The Kier molecular flexibility index (Phi) is 3.37. The molecule has 4 bridgehead atoms. The zero-order valence-corrected chi connectivity index (χ0v) is 14.7. The summed E-state index contributed by atoms with van der Waals surface area (Å²) in [4.78, 5) is 12.8. The summed E-state index contributed by atoms with van der Waals surface area (Å²) in [6.07, 6.45) is 9.84. The van der Waals surface area contributed by atoms with E-state index in [0.717, 1.165) is 40.0 Å². The van der Waals surface area contributed by atoms with Gasteiger partial charge in [-0.2, -0.15) is 0 Å². The van der Waals surface area contributed by atoms with Crippen molar-refractivity contribution in [3.05, 3.63) is 30.0 Å². The summed E-state index contributed by atoms with van der Waals surface area (Å²) in [5.74, 6) is 3.43. The van der Waals surface area contributed by atoms with Crippen molar-refractivity contribution in [1.29, 1.82) is 0 Å². The van der Waals surface area contributed by atoms with Crippen molar-refractivity contribution in [1.82, 2.24) is 5.32 Å². The van der Waals surface area contributed by atoms with Crippen LogP contribution in [0.3, 0.4) is 0 Å². The molecule has 4 fully saturated rings. The number of rotatable bonds is 4. The predicted octanol–water partition coefficient (Wildman–Crippen LogP) is 4.07. The predicted molar refractivity (Wildman–Crippen MR) is 95.5 cm³/mol. The van der Waals surface area contributed by atoms with Gasteiger partial charge in [0.25, 0.3) is 0 Å². The van der Waals surface area contributed by atoms with E-state index >= 15 is 0 Å². The maximum atomic E-state index is 12.8. The largest absolute Gasteiger partial charge is 0.497 e. The van der Waals surface area contributed by atoms with E-state index in [9.17, 15) is 4.79 Å². The van der Waals surface area contributed by atoms with E-state index in [1.54, 1.807) is 13.4 Å². The first kappa shape index (κ1) is 15.3. The van der Waals surface area contributed by atoms with Crippen LogP contribution in [0, 0.1) is 17.8 Å². The molecule has 1 aromatic heterocycles. The number of hydrogen-bond donors (Lipinski definition) is 1. The minimum Gasteiger partial charge on any atom is -0.497 e. The standard InChI is InChI=1S/C21H25NO3/c1-24-17-2-3-18-16(12-25-19(18)8-17)7-20(23)22-21-9-13-4-14(10-21)6-15(5-13)11-21/h2-3,8,12-15H,4-7,9-11H2,1H3,(H,22,23). The van der Waals surface area contributed by atoms with Gasteiger partial charge in [-0.15, -0.1) is 0 Å². The number of nitrogens with one attached hydrogen (secondary N) is 1. The van der Waals surface area contributed by atoms with Crippen molar-refractivity contribution in [2.24, 2.45) is 17.8 Å². The molecule has 0 radical (unpaired) electrons. The molecule has 1 heterocycles. The number of hydrogen-bond acceptors (Lipinski definition) is 3. The molecule has 4 aliphatic rings. The van der Waals surface area contributed by atoms with E-state index < -0.39 is 0 Å². The Morgan fingerprint density at radius 3 is 2.52 bits per heavy atom. The van der Waals surface area contributed by atoms with Crippen LogP contribution in [0.1, 0.15) is 44.1 Å². The maximum Gasteiger partial charge on any atom is 0.224 e. The molecule has 4 saturated carbocycles. The molecular weight excluding hydrogens is 314 g/mol. The Morgan fingerprint density at radius 2 is 1.88 bits per heavy atom. The molecule has 2 aromatic rings. The van der Waals surface area contributed by atoms with E-state index in [0.29, 0.717) is 6.42 Å². The zero-order valence-electron chi connectivity index (χ0n) is 14.7. The van der Waals surface area contributed by atoms with E-state index in [1.807, 2.05) is 18.2 Å². The van der Waals surface area contributed by atoms with Gasteiger partial charge in [0.15, 0.2) is 0 Å². The summed E-state index contributed by atoms with van der Waals surface area (Å²) < 4.78 is 10.9. The highest BCUT2D eigenvalue weighted by Gasteiger charge is 2.51. The van der Waals surface area contributed by atoms with Gasteiger partial charge >= 0.3 is 0 Å². The Hall–Kier alpha value is -1.97. The fourth-order valence-corrected chi connectivity index (χ4v) is 6.10. The van der Waals surface area contributed by atoms with Gasteiger partial charge in [-0.1, -0.05) is 0 Å². The molecule has 0 atom stereocenters. The molecular formula is C21H25NO3. The third-order valence-corrected chi connectivity index (χ3v) is 6.66. The number of carbonyl (C=O) groups is 1. The van der Waals surface area contributed by atoms with Crippen LogP contribution in [0.5, 0.6) is 5.75 Å². The van der Waals surface area contributed by atoms with E-state index in [1.165, 1.54) is 38.5 Å². The summed E-state index contributed by atoms with van der Waals surface area (Å²) in [6.45, 7) is 0. The van der Waals surface area contributed by atoms with Crippen molar-refractivity contribution in [2.45, 2.75) is 50.5 Å². The monoisotopic (exact) mass is 339 g/mol. The number of fused-ring (bicyclic) bond motifs is 1. The molecule has 1 amide bonds. The summed E-state index contributed by atoms with van der Waals surface area (Å²) in [7, 11) is 1.64. The minimum atomic E-state index is 0.0780. The highest BCUT2D eigenvalue weighted by molar-refractivity contribution is 5.88. The first-order chi connectivity index (χ1) is 12.1. The topological polar surface area (TPSA) is 51.5 Å². The number of ether oxygens (including phenoxy) is 1. The number of benzene rings is 1. The highest BCUT2D eigenvalue weighted by Crippen LogP contribution is 2.55. The zero-order chi connectivity index (χ0) is 17.0. The lowest BCUT2D eigenvalue weighted by Gasteiger charge is -2.56. The fourth-order valence-electron chi connectivity index (χ4n) is 6.10. The van der Waals surface area contributed by atoms with Crippen molar-refractivity contribution in [2.75, 3.05) is 7.11 Å². The molecule has 25 heavy (non-hydrogen) atoms. The molecule has 4 nitrogen and oxygen atoms in total. The average Bonchev–Trinajstić information content (AvgIpc) is 2.95. The first-order valence-electron chi connectivity index (χ1n) is 9.48. The normalized spacial score (nSPS) is 32.9. The molecule has 1 N–H and O–H groups in total. The summed E-state index contributed by atoms with van der Waals surface area (Å²) in [5, 5.41) is 4.45. The van der Waals surface area contributed by atoms with Crippen molar-refractivity contribution >= 4 is 16.9 Å². The summed E-state index contributed by atoms with van der Waals surface area (Å²) >= 11 is 0. The van der Waals surface area contributed by atoms with Gasteiger partial charge in [0.1, 0.15) is 11.3 Å². The molecule has 1 aromatic carbocycles. The molecule has 4 aliphatic carbocycles. The molecule has 0 spiro atoms. The van der Waals surface area contributed by atoms with E-state index in [4.69, 9.17) is 9.15 Å². The Morgan fingerprint density at radius 1 is 1.20 bits per heavy atom. The van der Waals surface area contributed by atoms with Crippen molar-refractivity contribution in [3.63, 3.8) is 0 Å². The molecule has 4 heteroatoms. The highest BCUT2D eigenvalue weighted by atomic mass is 16.5. The van der Waals surface area contributed by atoms with E-state index in [2.05, 4.69) is 5.32 Å². The Labute approximate surface area is 147 Å². The smallest absolute Gasteiger partial charge is 0.224 e. The summed E-state index contributed by atoms with van der Waals surface area (Å²) in [6, 6.07) is 5.76. The van der Waals surface area contributed by atoms with Gasteiger partial charge in [-0.05, 0) is 68.4 Å². The number of amides is 1. The van der Waals surface area contributed by atoms with Crippen LogP contribution in [0.25, 0.3) is 11.0 Å². The van der Waals surface area contributed by atoms with Crippen molar-refractivity contribution in [3.8, 4) is 5.75 Å². The second-order valence-electron chi connectivity index (χ2n) is 8.55. The third kappa shape index (κ3) is 2.62. The van der Waals surface area contributed by atoms with Gasteiger partial charge in [0.2, 0.25) is 5.91 Å². The van der Waals surface area contributed by atoms with Crippen LogP contribution in [-0.4, -0.2) is 18.6 Å². The minimum absolute atomic E-state index is 0.0780. The van der Waals surface area contributed by atoms with Crippen molar-refractivity contribution < 1.29 is 13.9 Å². The first-order valence-corrected chi connectivity index (χ1v) is 9.48. The molecule has 0 saturated heterocycles. The quantitative estimate of drug-likeness (QED) is 0.913. The van der Waals surface area contributed by atoms with Crippen LogP contribution >= 0.6 is 0 Å². The Balaban J connectivity index is 1.33. The van der Waals surface area contributed by atoms with Gasteiger partial charge in [0, 0.05) is 22.6 Å². The lowest BCUT2D eigenvalue weighted by molar-refractivity contribution is -0.126. The maximum absolute atomic E-state index is 12.8. The lowest BCUT2D eigenvalue weighted by atomic mass is 9.53. The van der Waals surface area contributed by atoms with Gasteiger partial charge in [0.05, 0.1) is 19.8 Å². The molecule has 0 unspecified atom stereocenters. The SMILES string of the molecule is COc1ccc2c(CC(=O)NC34CC5CC(CC(C5)C3)C4)coc2c1. The second kappa shape index (κ2) is 5.52. The fraction of sp³-hybridized carbons (Fsp3) is 0.571. The van der Waals surface area contributed by atoms with Gasteiger partial charge in [-0.3, -0.25) is 4.79 Å². The molecule has 132 valence electrons.